The topological polar surface area (TPSA) is 24.1 Å². The van der Waals surface area contributed by atoms with Gasteiger partial charge in [-0.2, -0.15) is 0 Å². The van der Waals surface area contributed by atoms with Gasteiger partial charge in [-0.1, -0.05) is 39.0 Å². The summed E-state index contributed by atoms with van der Waals surface area (Å²) in [6, 6.07) is 1.24. The predicted molar refractivity (Wildman–Crippen MR) is 77.2 cm³/mol. The quantitative estimate of drug-likeness (QED) is 0.739. The van der Waals surface area contributed by atoms with Gasteiger partial charge in [0.2, 0.25) is 0 Å². The highest BCUT2D eigenvalue weighted by atomic mass is 32.1. The molecule has 2 fully saturated rings. The van der Waals surface area contributed by atoms with Gasteiger partial charge in [-0.25, -0.2) is 0 Å². The van der Waals surface area contributed by atoms with E-state index in [-0.39, 0.29) is 0 Å². The molecule has 2 nitrogen and oxygen atoms in total. The van der Waals surface area contributed by atoms with Gasteiger partial charge in [0.15, 0.2) is 5.11 Å². The van der Waals surface area contributed by atoms with Crippen molar-refractivity contribution in [3.8, 4) is 0 Å². The summed E-state index contributed by atoms with van der Waals surface area (Å²) in [6.07, 6.45) is 12.0. The molecule has 2 N–H and O–H groups in total. The molecule has 2 saturated carbocycles. The highest BCUT2D eigenvalue weighted by Crippen LogP contribution is 2.23. The molecular weight excluding hydrogens is 228 g/mol. The van der Waals surface area contributed by atoms with Crippen molar-refractivity contribution in [3.63, 3.8) is 0 Å². The average Bonchev–Trinajstić information content (AvgIpc) is 2.30. The van der Waals surface area contributed by atoms with E-state index in [1.54, 1.807) is 0 Å². The van der Waals surface area contributed by atoms with Crippen LogP contribution in [0.5, 0.6) is 0 Å². The van der Waals surface area contributed by atoms with Crippen LogP contribution in [0, 0.1) is 5.92 Å². The summed E-state index contributed by atoms with van der Waals surface area (Å²) in [5.74, 6) is 0.860. The fraction of sp³-hybridized carbons (Fsp3) is 0.929. The summed E-state index contributed by atoms with van der Waals surface area (Å²) >= 11 is 5.43. The molecule has 0 amide bonds. The molecule has 0 bridgehead atoms. The molecule has 0 aromatic rings. The molecule has 2 aliphatic rings. The van der Waals surface area contributed by atoms with Crippen LogP contribution < -0.4 is 10.6 Å². The van der Waals surface area contributed by atoms with E-state index in [9.17, 15) is 0 Å². The summed E-state index contributed by atoms with van der Waals surface area (Å²) in [6.45, 7) is 2.35. The van der Waals surface area contributed by atoms with E-state index in [1.165, 1.54) is 57.8 Å². The minimum absolute atomic E-state index is 0.613. The first-order valence-corrected chi connectivity index (χ1v) is 7.72. The smallest absolute Gasteiger partial charge is 0.166 e. The van der Waals surface area contributed by atoms with E-state index in [0.717, 1.165) is 11.0 Å². The van der Waals surface area contributed by atoms with E-state index in [0.29, 0.717) is 12.1 Å². The lowest BCUT2D eigenvalue weighted by molar-refractivity contribution is 0.323. The summed E-state index contributed by atoms with van der Waals surface area (Å²) in [5, 5.41) is 7.92. The fourth-order valence-electron chi connectivity index (χ4n) is 3.22. The molecule has 0 saturated heterocycles. The Morgan fingerprint density at radius 2 is 1.53 bits per heavy atom. The van der Waals surface area contributed by atoms with Gasteiger partial charge in [0.05, 0.1) is 0 Å². The zero-order chi connectivity index (χ0) is 12.1. The molecule has 2 unspecified atom stereocenters. The third-order valence-electron chi connectivity index (χ3n) is 4.21. The molecule has 2 atom stereocenters. The standard InChI is InChI=1S/C14H26N2S/c1-11-6-5-9-13(10-11)16-14(17)15-12-7-3-2-4-8-12/h11-13H,2-10H2,1H3,(H2,15,16,17). The molecule has 98 valence electrons. The summed E-state index contributed by atoms with van der Waals surface area (Å²) < 4.78 is 0. The zero-order valence-electron chi connectivity index (χ0n) is 11.0. The number of hydrogen-bond acceptors (Lipinski definition) is 1. The van der Waals surface area contributed by atoms with E-state index in [4.69, 9.17) is 12.2 Å². The largest absolute Gasteiger partial charge is 0.360 e. The van der Waals surface area contributed by atoms with Gasteiger partial charge in [0, 0.05) is 12.1 Å². The average molecular weight is 254 g/mol. The second-order valence-electron chi connectivity index (χ2n) is 5.92. The minimum Gasteiger partial charge on any atom is -0.360 e. The Kier molecular flexibility index (Phi) is 5.08. The zero-order valence-corrected chi connectivity index (χ0v) is 11.8. The van der Waals surface area contributed by atoms with Crippen molar-refractivity contribution in [2.24, 2.45) is 5.92 Å². The van der Waals surface area contributed by atoms with Gasteiger partial charge in [-0.05, 0) is 43.8 Å². The van der Waals surface area contributed by atoms with E-state index in [2.05, 4.69) is 17.6 Å². The molecule has 0 aliphatic heterocycles. The molecule has 17 heavy (non-hydrogen) atoms. The van der Waals surface area contributed by atoms with Crippen LogP contribution in [0.1, 0.15) is 64.7 Å². The Hall–Kier alpha value is -0.310. The Morgan fingerprint density at radius 1 is 0.882 bits per heavy atom. The number of nitrogens with one attached hydrogen (secondary N) is 2. The molecule has 2 rings (SSSR count). The molecule has 2 aliphatic carbocycles. The SMILES string of the molecule is CC1CCCC(NC(=S)NC2CCCCC2)C1. The molecule has 0 aromatic heterocycles. The maximum Gasteiger partial charge on any atom is 0.166 e. The first kappa shape index (κ1) is 13.1. The van der Waals surface area contributed by atoms with Gasteiger partial charge < -0.3 is 10.6 Å². The van der Waals surface area contributed by atoms with Gasteiger partial charge in [0.1, 0.15) is 0 Å². The Labute approximate surface area is 111 Å². The Balaban J connectivity index is 1.68. The Bertz CT molecular complexity index is 249. The van der Waals surface area contributed by atoms with Crippen LogP contribution in [0.15, 0.2) is 0 Å². The van der Waals surface area contributed by atoms with Crippen LogP contribution >= 0.6 is 12.2 Å². The van der Waals surface area contributed by atoms with Gasteiger partial charge >= 0.3 is 0 Å². The summed E-state index contributed by atoms with van der Waals surface area (Å²) in [7, 11) is 0. The van der Waals surface area contributed by atoms with E-state index < -0.39 is 0 Å². The van der Waals surface area contributed by atoms with Crippen LogP contribution in [0.4, 0.5) is 0 Å². The normalized spacial score (nSPS) is 30.9. The molecule has 0 heterocycles. The third kappa shape index (κ3) is 4.46. The molecule has 0 aromatic carbocycles. The van der Waals surface area contributed by atoms with Crippen LogP contribution in [0.25, 0.3) is 0 Å². The van der Waals surface area contributed by atoms with Crippen LogP contribution in [0.3, 0.4) is 0 Å². The summed E-state index contributed by atoms with van der Waals surface area (Å²) in [4.78, 5) is 0. The molecule has 0 radical (unpaired) electrons. The highest BCUT2D eigenvalue weighted by Gasteiger charge is 2.20. The van der Waals surface area contributed by atoms with Gasteiger partial charge in [-0.15, -0.1) is 0 Å². The fourth-order valence-corrected chi connectivity index (χ4v) is 3.56. The number of rotatable bonds is 2. The minimum atomic E-state index is 0.613. The maximum atomic E-state index is 5.43. The van der Waals surface area contributed by atoms with Crippen LogP contribution in [0.2, 0.25) is 0 Å². The van der Waals surface area contributed by atoms with Crippen molar-refractivity contribution in [2.75, 3.05) is 0 Å². The lowest BCUT2D eigenvalue weighted by atomic mass is 9.87. The number of hydrogen-bond donors (Lipinski definition) is 2. The second-order valence-corrected chi connectivity index (χ2v) is 6.33. The van der Waals surface area contributed by atoms with Crippen molar-refractivity contribution in [2.45, 2.75) is 76.8 Å². The third-order valence-corrected chi connectivity index (χ3v) is 4.45. The van der Waals surface area contributed by atoms with Crippen molar-refractivity contribution >= 4 is 17.3 Å². The lowest BCUT2D eigenvalue weighted by Gasteiger charge is -2.30. The summed E-state index contributed by atoms with van der Waals surface area (Å²) in [5.41, 5.74) is 0. The lowest BCUT2D eigenvalue weighted by Crippen LogP contribution is -2.47. The molecule has 3 heteroatoms. The van der Waals surface area contributed by atoms with Crippen molar-refractivity contribution in [1.29, 1.82) is 0 Å². The van der Waals surface area contributed by atoms with Crippen molar-refractivity contribution in [1.82, 2.24) is 10.6 Å². The van der Waals surface area contributed by atoms with Gasteiger partial charge in [0.25, 0.3) is 0 Å². The van der Waals surface area contributed by atoms with Gasteiger partial charge in [-0.3, -0.25) is 0 Å². The first-order chi connectivity index (χ1) is 8.24. The molecule has 0 spiro atoms. The van der Waals surface area contributed by atoms with E-state index >= 15 is 0 Å². The van der Waals surface area contributed by atoms with Crippen molar-refractivity contribution in [3.05, 3.63) is 0 Å². The predicted octanol–water partition coefficient (Wildman–Crippen LogP) is 3.36. The second kappa shape index (κ2) is 6.58. The van der Waals surface area contributed by atoms with E-state index in [1.807, 2.05) is 0 Å². The van der Waals surface area contributed by atoms with Crippen LogP contribution in [-0.2, 0) is 0 Å². The first-order valence-electron chi connectivity index (χ1n) is 7.31. The number of thiocarbonyl (C=S) groups is 1. The Morgan fingerprint density at radius 3 is 2.24 bits per heavy atom. The van der Waals surface area contributed by atoms with Crippen molar-refractivity contribution < 1.29 is 0 Å². The monoisotopic (exact) mass is 254 g/mol. The molecular formula is C14H26N2S. The van der Waals surface area contributed by atoms with Crippen LogP contribution in [-0.4, -0.2) is 17.2 Å². The highest BCUT2D eigenvalue weighted by molar-refractivity contribution is 7.80. The maximum absolute atomic E-state index is 5.43.